The maximum absolute atomic E-state index is 15.3. The fourth-order valence-corrected chi connectivity index (χ4v) is 5.53. The molecule has 3 N–H and O–H groups in total. The fourth-order valence-electron chi connectivity index (χ4n) is 3.72. The molecule has 0 bridgehead atoms. The molecule has 2 aromatic rings. The Morgan fingerprint density at radius 1 is 1.08 bits per heavy atom. The Morgan fingerprint density at radius 2 is 1.69 bits per heavy atom. The van der Waals surface area contributed by atoms with Crippen LogP contribution in [0.5, 0.6) is 11.5 Å². The second kappa shape index (κ2) is 10.2. The molecule has 1 radical (unpaired) electrons. The highest BCUT2D eigenvalue weighted by molar-refractivity contribution is 7.92. The van der Waals surface area contributed by atoms with E-state index in [-0.39, 0.29) is 37.2 Å². The zero-order valence-corrected chi connectivity index (χ0v) is 20.3. The fraction of sp³-hybridized carbons (Fsp3) is 0.381. The third kappa shape index (κ3) is 5.73. The molecule has 0 atom stereocenters. The van der Waals surface area contributed by atoms with Gasteiger partial charge in [-0.3, -0.25) is 4.79 Å². The minimum atomic E-state index is -5.85. The van der Waals surface area contributed by atoms with Gasteiger partial charge in [-0.1, -0.05) is 6.07 Å². The molecular formula is C21H21F4N2O7S2. The van der Waals surface area contributed by atoms with Gasteiger partial charge >= 0.3 is 5.51 Å². The smallest absolute Gasteiger partial charge is 0.496 e. The van der Waals surface area contributed by atoms with Gasteiger partial charge in [-0.05, 0) is 56.0 Å². The first-order valence-electron chi connectivity index (χ1n) is 10.3. The molecule has 9 nitrogen and oxygen atoms in total. The van der Waals surface area contributed by atoms with Crippen LogP contribution in [0.2, 0.25) is 0 Å². The van der Waals surface area contributed by atoms with Crippen LogP contribution in [0.25, 0.3) is 0 Å². The van der Waals surface area contributed by atoms with Crippen LogP contribution in [0.3, 0.4) is 0 Å². The van der Waals surface area contributed by atoms with E-state index < -0.39 is 64.6 Å². The van der Waals surface area contributed by atoms with Gasteiger partial charge in [0.2, 0.25) is 10.0 Å². The normalized spacial score (nSPS) is 18.9. The van der Waals surface area contributed by atoms with Crippen molar-refractivity contribution < 1.29 is 48.7 Å². The number of amides is 1. The maximum Gasteiger partial charge on any atom is 0.501 e. The SMILES string of the molecule is COc1ccc(OC2CCC(S(N)(=O)=O)CC2)c(F)c1C(=O)Nc1cc[c]cc1S(=O)(=O)C(F)(F)F. The summed E-state index contributed by atoms with van der Waals surface area (Å²) in [5, 5.41) is 6.39. The Labute approximate surface area is 204 Å². The topological polar surface area (TPSA) is 142 Å². The van der Waals surface area contributed by atoms with E-state index in [4.69, 9.17) is 14.6 Å². The number of sulfonamides is 1. The van der Waals surface area contributed by atoms with Gasteiger partial charge in [-0.15, -0.1) is 0 Å². The molecule has 0 spiro atoms. The van der Waals surface area contributed by atoms with Crippen LogP contribution in [0, 0.1) is 11.9 Å². The minimum Gasteiger partial charge on any atom is -0.496 e. The van der Waals surface area contributed by atoms with Gasteiger partial charge in [-0.25, -0.2) is 26.4 Å². The number of alkyl halides is 3. The summed E-state index contributed by atoms with van der Waals surface area (Å²) in [5.41, 5.74) is -7.14. The lowest BCUT2D eigenvalue weighted by molar-refractivity contribution is -0.0435. The van der Waals surface area contributed by atoms with Crippen LogP contribution in [0.4, 0.5) is 23.2 Å². The quantitative estimate of drug-likeness (QED) is 0.502. The highest BCUT2D eigenvalue weighted by Gasteiger charge is 2.48. The number of carbonyl (C=O) groups is 1. The van der Waals surface area contributed by atoms with E-state index >= 15 is 4.39 Å². The van der Waals surface area contributed by atoms with Gasteiger partial charge in [-0.2, -0.15) is 13.2 Å². The van der Waals surface area contributed by atoms with Crippen LogP contribution >= 0.6 is 0 Å². The largest absolute Gasteiger partial charge is 0.501 e. The molecule has 197 valence electrons. The number of hydrogen-bond donors (Lipinski definition) is 2. The van der Waals surface area contributed by atoms with E-state index in [2.05, 4.69) is 6.07 Å². The molecule has 2 aromatic carbocycles. The van der Waals surface area contributed by atoms with Crippen LogP contribution in [0.15, 0.2) is 35.2 Å². The second-order valence-electron chi connectivity index (χ2n) is 7.89. The van der Waals surface area contributed by atoms with Gasteiger partial charge in [0.1, 0.15) is 16.2 Å². The van der Waals surface area contributed by atoms with Crippen LogP contribution in [-0.4, -0.2) is 46.7 Å². The molecule has 0 aromatic heterocycles. The number of ether oxygens (including phenoxy) is 2. The molecule has 1 amide bonds. The summed E-state index contributed by atoms with van der Waals surface area (Å²) < 4.78 is 112. The summed E-state index contributed by atoms with van der Waals surface area (Å²) in [4.78, 5) is 11.6. The highest BCUT2D eigenvalue weighted by atomic mass is 32.2. The minimum absolute atomic E-state index is 0.191. The van der Waals surface area contributed by atoms with Gasteiger partial charge in [0.05, 0.1) is 24.2 Å². The van der Waals surface area contributed by atoms with Crippen molar-refractivity contribution >= 4 is 31.5 Å². The molecule has 1 aliphatic rings. The number of benzene rings is 2. The van der Waals surface area contributed by atoms with Gasteiger partial charge in [0.25, 0.3) is 15.7 Å². The van der Waals surface area contributed by atoms with Crippen LogP contribution < -0.4 is 19.9 Å². The molecule has 0 aliphatic heterocycles. The standard InChI is InChI=1S/C21H21F4N2O7S2/c1-33-15-10-11-16(34-12-6-8-13(9-7-12)36(26,31)32)19(22)18(15)20(28)27-14-4-2-3-5-17(14)35(29,30)21(23,24)25/h2,4-5,10-13H,6-9H2,1H3,(H,27,28)(H2,26,31,32). The molecule has 15 heteroatoms. The molecule has 36 heavy (non-hydrogen) atoms. The van der Waals surface area contributed by atoms with Crippen molar-refractivity contribution in [2.45, 2.75) is 47.4 Å². The van der Waals surface area contributed by atoms with Crippen molar-refractivity contribution in [1.29, 1.82) is 0 Å². The molecule has 3 rings (SSSR count). The van der Waals surface area contributed by atoms with Crippen molar-refractivity contribution in [3.63, 3.8) is 0 Å². The summed E-state index contributed by atoms with van der Waals surface area (Å²) in [5.74, 6) is -3.18. The first-order valence-corrected chi connectivity index (χ1v) is 13.4. The Balaban J connectivity index is 1.89. The van der Waals surface area contributed by atoms with Crippen molar-refractivity contribution in [2.24, 2.45) is 5.14 Å². The number of hydrogen-bond acceptors (Lipinski definition) is 7. The summed E-state index contributed by atoms with van der Waals surface area (Å²) in [6.07, 6.45) is 0.280. The first-order chi connectivity index (χ1) is 16.7. The molecule has 1 fully saturated rings. The van der Waals surface area contributed by atoms with E-state index in [0.717, 1.165) is 19.2 Å². The van der Waals surface area contributed by atoms with Gasteiger partial charge in [0, 0.05) is 0 Å². The van der Waals surface area contributed by atoms with Gasteiger partial charge in [0.15, 0.2) is 11.6 Å². The zero-order chi connectivity index (χ0) is 26.9. The summed E-state index contributed by atoms with van der Waals surface area (Å²) in [6, 6.07) is 7.03. The predicted octanol–water partition coefficient (Wildman–Crippen LogP) is 3.16. The lowest BCUT2D eigenvalue weighted by atomic mass is 9.97. The van der Waals surface area contributed by atoms with E-state index in [9.17, 15) is 34.8 Å². The monoisotopic (exact) mass is 553 g/mol. The Hall–Kier alpha value is -2.91. The van der Waals surface area contributed by atoms with Crippen molar-refractivity contribution in [3.05, 3.63) is 47.8 Å². The zero-order valence-electron chi connectivity index (χ0n) is 18.6. The van der Waals surface area contributed by atoms with E-state index in [1.165, 1.54) is 12.1 Å². The third-order valence-corrected chi connectivity index (χ3v) is 8.49. The average molecular weight is 554 g/mol. The number of rotatable bonds is 7. The van der Waals surface area contributed by atoms with Crippen molar-refractivity contribution in [1.82, 2.24) is 0 Å². The second-order valence-corrected chi connectivity index (χ2v) is 11.6. The molecule has 0 unspecified atom stereocenters. The Kier molecular flexibility index (Phi) is 7.86. The summed E-state index contributed by atoms with van der Waals surface area (Å²) in [7, 11) is -8.45. The number of halogens is 4. The number of nitrogens with two attached hydrogens (primary N) is 1. The summed E-state index contributed by atoms with van der Waals surface area (Å²) in [6.45, 7) is 0. The molecule has 0 heterocycles. The van der Waals surface area contributed by atoms with E-state index in [0.29, 0.717) is 6.07 Å². The molecular weight excluding hydrogens is 532 g/mol. The predicted molar refractivity (Wildman–Crippen MR) is 119 cm³/mol. The number of primary sulfonamides is 1. The average Bonchev–Trinajstić information content (AvgIpc) is 2.79. The maximum atomic E-state index is 15.3. The third-order valence-electron chi connectivity index (χ3n) is 5.56. The lowest BCUT2D eigenvalue weighted by Gasteiger charge is -2.28. The van der Waals surface area contributed by atoms with E-state index in [1.807, 2.05) is 5.32 Å². The van der Waals surface area contributed by atoms with Crippen LogP contribution in [-0.2, 0) is 19.9 Å². The number of anilines is 1. The first kappa shape index (κ1) is 27.7. The van der Waals surface area contributed by atoms with Crippen LogP contribution in [0.1, 0.15) is 36.0 Å². The number of sulfone groups is 1. The summed E-state index contributed by atoms with van der Waals surface area (Å²) >= 11 is 0. The van der Waals surface area contributed by atoms with E-state index in [1.54, 1.807) is 0 Å². The highest BCUT2D eigenvalue weighted by Crippen LogP contribution is 2.36. The molecule has 0 saturated heterocycles. The molecule has 1 saturated carbocycles. The molecule has 1 aliphatic carbocycles. The lowest BCUT2D eigenvalue weighted by Crippen LogP contribution is -2.35. The Morgan fingerprint density at radius 3 is 2.25 bits per heavy atom. The Bertz CT molecular complexity index is 1350. The number of methoxy groups -OCH3 is 1. The van der Waals surface area contributed by atoms with Crippen molar-refractivity contribution in [3.8, 4) is 11.5 Å². The number of nitrogens with one attached hydrogen (secondary N) is 1. The number of carbonyl (C=O) groups excluding carboxylic acids is 1. The van der Waals surface area contributed by atoms with Gasteiger partial charge < -0.3 is 14.8 Å². The van der Waals surface area contributed by atoms with Crippen molar-refractivity contribution in [2.75, 3.05) is 12.4 Å².